The fourth-order valence-electron chi connectivity index (χ4n) is 1.57. The lowest BCUT2D eigenvalue weighted by atomic mass is 10.0. The highest BCUT2D eigenvalue weighted by atomic mass is 16.5. The summed E-state index contributed by atoms with van der Waals surface area (Å²) in [5, 5.41) is 11.0. The number of nitrogens with one attached hydrogen (secondary N) is 1. The number of carbonyl (C=O) groups excluding carboxylic acids is 2. The Labute approximate surface area is 121 Å². The van der Waals surface area contributed by atoms with Crippen molar-refractivity contribution >= 4 is 29.1 Å². The number of benzene rings is 1. The second-order valence-electron chi connectivity index (χ2n) is 4.00. The minimum absolute atomic E-state index is 0.0158. The van der Waals surface area contributed by atoms with E-state index in [1.54, 1.807) is 6.07 Å². The van der Waals surface area contributed by atoms with Gasteiger partial charge in [-0.3, -0.25) is 9.59 Å². The number of esters is 1. The van der Waals surface area contributed by atoms with Crippen LogP contribution in [0.25, 0.3) is 5.57 Å². The highest BCUT2D eigenvalue weighted by Crippen LogP contribution is 2.28. The van der Waals surface area contributed by atoms with Gasteiger partial charge in [0.05, 0.1) is 19.8 Å². The van der Waals surface area contributed by atoms with Gasteiger partial charge in [0.1, 0.15) is 12.2 Å². The molecule has 0 saturated heterocycles. The van der Waals surface area contributed by atoms with E-state index < -0.39 is 24.3 Å². The fourth-order valence-corrected chi connectivity index (χ4v) is 1.57. The molecule has 1 aromatic rings. The Balaban J connectivity index is 3.13. The minimum atomic E-state index is -1.26. The maximum Gasteiger partial charge on any atom is 0.337 e. The molecule has 0 aromatic heterocycles. The number of methoxy groups -OCH3 is 2. The maximum atomic E-state index is 11.6. The van der Waals surface area contributed by atoms with Crippen molar-refractivity contribution in [1.82, 2.24) is 0 Å². The van der Waals surface area contributed by atoms with Gasteiger partial charge >= 0.3 is 11.9 Å². The Hall–Kier alpha value is -2.83. The summed E-state index contributed by atoms with van der Waals surface area (Å²) in [6, 6.07) is 4.54. The molecule has 0 aliphatic rings. The summed E-state index contributed by atoms with van der Waals surface area (Å²) in [5.41, 5.74) is 0.555. The third-order valence-corrected chi connectivity index (χ3v) is 2.57. The molecule has 0 radical (unpaired) electrons. The first-order valence-corrected chi connectivity index (χ1v) is 5.86. The van der Waals surface area contributed by atoms with Crippen molar-refractivity contribution in [3.8, 4) is 5.75 Å². The maximum absolute atomic E-state index is 11.6. The topological polar surface area (TPSA) is 102 Å². The summed E-state index contributed by atoms with van der Waals surface area (Å²) >= 11 is 0. The van der Waals surface area contributed by atoms with Gasteiger partial charge in [-0.25, -0.2) is 4.79 Å². The van der Waals surface area contributed by atoms with Crippen LogP contribution in [0.5, 0.6) is 5.75 Å². The zero-order chi connectivity index (χ0) is 16.0. The van der Waals surface area contributed by atoms with Crippen LogP contribution in [0.3, 0.4) is 0 Å². The van der Waals surface area contributed by atoms with Gasteiger partial charge in [0.2, 0.25) is 5.91 Å². The molecule has 112 valence electrons. The molecule has 0 heterocycles. The molecule has 1 aromatic carbocycles. The van der Waals surface area contributed by atoms with E-state index in [9.17, 15) is 14.4 Å². The van der Waals surface area contributed by atoms with Crippen molar-refractivity contribution < 1.29 is 29.0 Å². The van der Waals surface area contributed by atoms with E-state index in [2.05, 4.69) is 16.6 Å². The molecule has 0 bridgehead atoms. The minimum Gasteiger partial charge on any atom is -0.497 e. The molecule has 0 spiro atoms. The van der Waals surface area contributed by atoms with Gasteiger partial charge in [0.15, 0.2) is 0 Å². The van der Waals surface area contributed by atoms with E-state index in [1.165, 1.54) is 26.4 Å². The second-order valence-corrected chi connectivity index (χ2v) is 4.00. The van der Waals surface area contributed by atoms with Gasteiger partial charge in [0, 0.05) is 11.3 Å². The number of carbonyl (C=O) groups is 3. The van der Waals surface area contributed by atoms with Crippen molar-refractivity contribution in [2.45, 2.75) is 6.42 Å². The molecule has 7 heteroatoms. The number of hydrogen-bond acceptors (Lipinski definition) is 5. The van der Waals surface area contributed by atoms with Gasteiger partial charge in [-0.1, -0.05) is 6.58 Å². The molecule has 0 atom stereocenters. The molecule has 0 unspecified atom stereocenters. The summed E-state index contributed by atoms with van der Waals surface area (Å²) in [6.45, 7) is 3.60. The zero-order valence-electron chi connectivity index (χ0n) is 11.6. The molecule has 0 fully saturated rings. The predicted molar refractivity (Wildman–Crippen MR) is 74.9 cm³/mol. The summed E-state index contributed by atoms with van der Waals surface area (Å²) < 4.78 is 9.62. The van der Waals surface area contributed by atoms with Gasteiger partial charge in [-0.15, -0.1) is 0 Å². The van der Waals surface area contributed by atoms with Crippen LogP contribution in [0.2, 0.25) is 0 Å². The van der Waals surface area contributed by atoms with E-state index >= 15 is 0 Å². The first kappa shape index (κ1) is 16.2. The molecule has 2 N–H and O–H groups in total. The third kappa shape index (κ3) is 4.34. The zero-order valence-corrected chi connectivity index (χ0v) is 11.6. The quantitative estimate of drug-likeness (QED) is 0.465. The third-order valence-electron chi connectivity index (χ3n) is 2.57. The van der Waals surface area contributed by atoms with Crippen molar-refractivity contribution in [2.75, 3.05) is 19.5 Å². The van der Waals surface area contributed by atoms with Crippen LogP contribution in [0.1, 0.15) is 12.0 Å². The molecule has 7 nitrogen and oxygen atoms in total. The number of carboxylic acid groups (broad SMARTS) is 1. The van der Waals surface area contributed by atoms with E-state index in [0.717, 1.165) is 0 Å². The SMILES string of the molecule is C=C(C(=O)OC)c1cc(OC)ccc1NC(=O)CC(=O)O. The predicted octanol–water partition coefficient (Wildman–Crippen LogP) is 1.29. The number of anilines is 1. The molecular formula is C14H15NO6. The van der Waals surface area contributed by atoms with Crippen LogP contribution >= 0.6 is 0 Å². The Morgan fingerprint density at radius 2 is 1.95 bits per heavy atom. The van der Waals surface area contributed by atoms with E-state index in [-0.39, 0.29) is 11.3 Å². The largest absolute Gasteiger partial charge is 0.497 e. The fraction of sp³-hybridized carbons (Fsp3) is 0.214. The Kier molecular flexibility index (Phi) is 5.48. The van der Waals surface area contributed by atoms with Crippen molar-refractivity contribution in [3.05, 3.63) is 30.3 Å². The van der Waals surface area contributed by atoms with E-state index in [0.29, 0.717) is 11.3 Å². The van der Waals surface area contributed by atoms with Gasteiger partial charge < -0.3 is 19.9 Å². The first-order valence-electron chi connectivity index (χ1n) is 5.86. The number of amides is 1. The normalized spacial score (nSPS) is 9.62. The lowest BCUT2D eigenvalue weighted by molar-refractivity contribution is -0.139. The van der Waals surface area contributed by atoms with Crippen LogP contribution in [-0.4, -0.2) is 37.2 Å². The number of rotatable bonds is 6. The standard InChI is InChI=1S/C14H15NO6/c1-8(14(19)21-3)10-6-9(20-2)4-5-11(10)15-12(16)7-13(17)18/h4-6H,1,7H2,2-3H3,(H,15,16)(H,17,18). The Morgan fingerprint density at radius 1 is 1.29 bits per heavy atom. The van der Waals surface area contributed by atoms with Gasteiger partial charge in [-0.2, -0.15) is 0 Å². The molecule has 0 saturated carbocycles. The average molecular weight is 293 g/mol. The summed E-state index contributed by atoms with van der Waals surface area (Å²) in [4.78, 5) is 33.6. The van der Waals surface area contributed by atoms with Crippen LogP contribution < -0.4 is 10.1 Å². The van der Waals surface area contributed by atoms with E-state index in [1.807, 2.05) is 0 Å². The molecule has 21 heavy (non-hydrogen) atoms. The Bertz CT molecular complexity index is 593. The highest BCUT2D eigenvalue weighted by molar-refractivity contribution is 6.18. The Morgan fingerprint density at radius 3 is 2.48 bits per heavy atom. The van der Waals surface area contributed by atoms with Crippen molar-refractivity contribution in [2.24, 2.45) is 0 Å². The number of carboxylic acids is 1. The van der Waals surface area contributed by atoms with Crippen molar-refractivity contribution in [3.63, 3.8) is 0 Å². The monoisotopic (exact) mass is 293 g/mol. The number of hydrogen-bond donors (Lipinski definition) is 2. The lowest BCUT2D eigenvalue weighted by Gasteiger charge is -2.13. The molecule has 0 aliphatic heterocycles. The number of aliphatic carboxylic acids is 1. The van der Waals surface area contributed by atoms with Gasteiger partial charge in [-0.05, 0) is 18.2 Å². The molecular weight excluding hydrogens is 278 g/mol. The number of ether oxygens (including phenoxy) is 2. The van der Waals surface area contributed by atoms with Crippen LogP contribution in [0, 0.1) is 0 Å². The smallest absolute Gasteiger partial charge is 0.337 e. The second kappa shape index (κ2) is 7.09. The van der Waals surface area contributed by atoms with Crippen LogP contribution in [-0.2, 0) is 19.1 Å². The molecule has 0 aliphatic carbocycles. The molecule has 1 rings (SSSR count). The highest BCUT2D eigenvalue weighted by Gasteiger charge is 2.17. The van der Waals surface area contributed by atoms with Crippen LogP contribution in [0.4, 0.5) is 5.69 Å². The van der Waals surface area contributed by atoms with Crippen molar-refractivity contribution in [1.29, 1.82) is 0 Å². The average Bonchev–Trinajstić information content (AvgIpc) is 2.45. The lowest BCUT2D eigenvalue weighted by Crippen LogP contribution is -2.17. The summed E-state index contributed by atoms with van der Waals surface area (Å²) in [6.07, 6.45) is -0.684. The first-order chi connectivity index (χ1) is 9.88. The molecule has 1 amide bonds. The van der Waals surface area contributed by atoms with Gasteiger partial charge in [0.25, 0.3) is 0 Å². The summed E-state index contributed by atoms with van der Waals surface area (Å²) in [7, 11) is 2.65. The summed E-state index contributed by atoms with van der Waals surface area (Å²) in [5.74, 6) is -2.19. The van der Waals surface area contributed by atoms with Crippen LogP contribution in [0.15, 0.2) is 24.8 Å². The van der Waals surface area contributed by atoms with E-state index in [4.69, 9.17) is 9.84 Å².